The summed E-state index contributed by atoms with van der Waals surface area (Å²) in [5.74, 6) is 0.944. The minimum atomic E-state index is 0.123. The lowest BCUT2D eigenvalue weighted by atomic mass is 9.85. The number of likely N-dealkylation sites (N-methyl/N-ethyl adjacent to an activating group) is 1. The molecule has 1 aliphatic carbocycles. The first-order valence-corrected chi connectivity index (χ1v) is 7.66. The lowest BCUT2D eigenvalue weighted by Crippen LogP contribution is -2.60. The maximum absolute atomic E-state index is 6.18. The number of nitrogens with one attached hydrogen (secondary N) is 1. The Morgan fingerprint density at radius 2 is 1.95 bits per heavy atom. The van der Waals surface area contributed by atoms with Crippen LogP contribution in [0.15, 0.2) is 12.1 Å². The highest BCUT2D eigenvalue weighted by molar-refractivity contribution is 6.30. The minimum Gasteiger partial charge on any atom is -0.487 e. The summed E-state index contributed by atoms with van der Waals surface area (Å²) in [5, 5.41) is 4.05. The summed E-state index contributed by atoms with van der Waals surface area (Å²) in [6, 6.07) is 4.28. The van der Waals surface area contributed by atoms with Gasteiger partial charge in [0.05, 0.1) is 0 Å². The van der Waals surface area contributed by atoms with Gasteiger partial charge in [0.25, 0.3) is 0 Å². The summed E-state index contributed by atoms with van der Waals surface area (Å²) >= 11 is 6.06. The number of aryl methyl sites for hydroxylation is 2. The summed E-state index contributed by atoms with van der Waals surface area (Å²) in [6.07, 6.45) is 2.26. The molecule has 0 saturated heterocycles. The van der Waals surface area contributed by atoms with E-state index >= 15 is 0 Å². The van der Waals surface area contributed by atoms with Crippen LogP contribution in [-0.2, 0) is 4.74 Å². The summed E-state index contributed by atoms with van der Waals surface area (Å²) in [6.45, 7) is 6.96. The van der Waals surface area contributed by atoms with Crippen molar-refractivity contribution in [3.8, 4) is 5.75 Å². The molecule has 0 aliphatic heterocycles. The molecule has 1 aliphatic rings. The van der Waals surface area contributed by atoms with Crippen molar-refractivity contribution in [3.05, 3.63) is 28.3 Å². The molecule has 2 rings (SSSR count). The van der Waals surface area contributed by atoms with Crippen molar-refractivity contribution in [3.63, 3.8) is 0 Å². The van der Waals surface area contributed by atoms with Crippen molar-refractivity contribution in [1.29, 1.82) is 0 Å². The molecular weight excluding hydrogens is 274 g/mol. The van der Waals surface area contributed by atoms with Crippen LogP contribution in [0, 0.1) is 13.8 Å². The number of halogens is 1. The van der Waals surface area contributed by atoms with Gasteiger partial charge in [0.2, 0.25) is 0 Å². The standard InChI is InChI=1S/C16H24ClNO2/c1-5-6-19-16-13(18-4)9-14(16)20-15-10(2)7-12(17)8-11(15)3/h7-8,13-14,16,18H,5-6,9H2,1-4H3. The molecule has 0 aromatic heterocycles. The summed E-state index contributed by atoms with van der Waals surface area (Å²) in [7, 11) is 1.97. The van der Waals surface area contributed by atoms with Crippen LogP contribution in [0.4, 0.5) is 0 Å². The van der Waals surface area contributed by atoms with Gasteiger partial charge in [-0.25, -0.2) is 0 Å². The second-order valence-electron chi connectivity index (χ2n) is 5.49. The molecule has 3 atom stereocenters. The zero-order chi connectivity index (χ0) is 14.7. The minimum absolute atomic E-state index is 0.123. The number of hydrogen-bond donors (Lipinski definition) is 1. The molecule has 1 aromatic carbocycles. The van der Waals surface area contributed by atoms with Crippen LogP contribution in [0.5, 0.6) is 5.75 Å². The molecule has 0 amide bonds. The van der Waals surface area contributed by atoms with Gasteiger partial charge in [-0.15, -0.1) is 0 Å². The van der Waals surface area contributed by atoms with E-state index in [1.54, 1.807) is 0 Å². The Bertz CT molecular complexity index is 441. The van der Waals surface area contributed by atoms with Gasteiger partial charge < -0.3 is 14.8 Å². The van der Waals surface area contributed by atoms with E-state index < -0.39 is 0 Å². The molecule has 1 aromatic rings. The van der Waals surface area contributed by atoms with E-state index in [1.165, 1.54) is 0 Å². The molecule has 0 spiro atoms. The fourth-order valence-corrected chi connectivity index (χ4v) is 3.02. The third kappa shape index (κ3) is 3.27. The van der Waals surface area contributed by atoms with Crippen LogP contribution >= 0.6 is 11.6 Å². The second kappa shape index (κ2) is 6.79. The molecule has 1 N–H and O–H groups in total. The molecule has 3 unspecified atom stereocenters. The molecule has 4 heteroatoms. The zero-order valence-corrected chi connectivity index (χ0v) is 13.5. The third-order valence-corrected chi connectivity index (χ3v) is 4.05. The highest BCUT2D eigenvalue weighted by atomic mass is 35.5. The van der Waals surface area contributed by atoms with E-state index in [0.29, 0.717) is 6.04 Å². The van der Waals surface area contributed by atoms with E-state index in [2.05, 4.69) is 12.2 Å². The number of hydrogen-bond acceptors (Lipinski definition) is 3. The van der Waals surface area contributed by atoms with Crippen molar-refractivity contribution in [2.75, 3.05) is 13.7 Å². The molecule has 3 nitrogen and oxygen atoms in total. The fraction of sp³-hybridized carbons (Fsp3) is 0.625. The summed E-state index contributed by atoms with van der Waals surface area (Å²) in [4.78, 5) is 0. The quantitative estimate of drug-likeness (QED) is 0.872. The van der Waals surface area contributed by atoms with Crippen LogP contribution in [-0.4, -0.2) is 31.9 Å². The Morgan fingerprint density at radius 3 is 2.50 bits per heavy atom. The van der Waals surface area contributed by atoms with Gasteiger partial charge in [-0.2, -0.15) is 0 Å². The Kier molecular flexibility index (Phi) is 5.30. The lowest BCUT2D eigenvalue weighted by Gasteiger charge is -2.44. The SMILES string of the molecule is CCCOC1C(NC)CC1Oc1c(C)cc(Cl)cc1C. The molecule has 112 valence electrons. The van der Waals surface area contributed by atoms with Crippen LogP contribution in [0.1, 0.15) is 30.9 Å². The first-order valence-electron chi connectivity index (χ1n) is 7.29. The van der Waals surface area contributed by atoms with Crippen LogP contribution in [0.2, 0.25) is 5.02 Å². The van der Waals surface area contributed by atoms with Gasteiger partial charge in [0.15, 0.2) is 0 Å². The fourth-order valence-electron chi connectivity index (χ4n) is 2.69. The molecular formula is C16H24ClNO2. The Hall–Kier alpha value is -0.770. The largest absolute Gasteiger partial charge is 0.487 e. The van der Waals surface area contributed by atoms with Gasteiger partial charge in [-0.3, -0.25) is 0 Å². The molecule has 1 saturated carbocycles. The Morgan fingerprint density at radius 1 is 1.30 bits per heavy atom. The number of ether oxygens (including phenoxy) is 2. The van der Waals surface area contributed by atoms with Gasteiger partial charge >= 0.3 is 0 Å². The molecule has 0 bridgehead atoms. The highest BCUT2D eigenvalue weighted by Gasteiger charge is 2.43. The zero-order valence-electron chi connectivity index (χ0n) is 12.7. The molecule has 20 heavy (non-hydrogen) atoms. The van der Waals surface area contributed by atoms with Crippen molar-refractivity contribution in [1.82, 2.24) is 5.32 Å². The number of benzene rings is 1. The number of rotatable bonds is 6. The predicted octanol–water partition coefficient (Wildman–Crippen LogP) is 3.49. The molecule has 0 heterocycles. The normalized spacial score (nSPS) is 25.4. The smallest absolute Gasteiger partial charge is 0.128 e. The van der Waals surface area contributed by atoms with Crippen molar-refractivity contribution in [2.45, 2.75) is 51.9 Å². The van der Waals surface area contributed by atoms with Crippen molar-refractivity contribution in [2.24, 2.45) is 0 Å². The van der Waals surface area contributed by atoms with E-state index in [4.69, 9.17) is 21.1 Å². The van der Waals surface area contributed by atoms with Crippen molar-refractivity contribution >= 4 is 11.6 Å². The van der Waals surface area contributed by atoms with E-state index in [-0.39, 0.29) is 12.2 Å². The van der Waals surface area contributed by atoms with Crippen LogP contribution in [0.25, 0.3) is 0 Å². The van der Waals surface area contributed by atoms with Crippen molar-refractivity contribution < 1.29 is 9.47 Å². The topological polar surface area (TPSA) is 30.5 Å². The second-order valence-corrected chi connectivity index (χ2v) is 5.93. The Balaban J connectivity index is 2.06. The van der Waals surface area contributed by atoms with Gasteiger partial charge in [0.1, 0.15) is 18.0 Å². The average molecular weight is 298 g/mol. The maximum Gasteiger partial charge on any atom is 0.128 e. The Labute approximate surface area is 126 Å². The van der Waals surface area contributed by atoms with Crippen LogP contribution < -0.4 is 10.1 Å². The van der Waals surface area contributed by atoms with E-state index in [1.807, 2.05) is 33.0 Å². The van der Waals surface area contributed by atoms with E-state index in [0.717, 1.165) is 41.3 Å². The third-order valence-electron chi connectivity index (χ3n) is 3.83. The first kappa shape index (κ1) is 15.6. The monoisotopic (exact) mass is 297 g/mol. The average Bonchev–Trinajstić information content (AvgIpc) is 2.36. The van der Waals surface area contributed by atoms with Gasteiger partial charge in [0, 0.05) is 24.1 Å². The van der Waals surface area contributed by atoms with Gasteiger partial charge in [-0.05, 0) is 50.6 Å². The summed E-state index contributed by atoms with van der Waals surface area (Å²) < 4.78 is 12.1. The molecule has 0 radical (unpaired) electrons. The molecule has 1 fully saturated rings. The highest BCUT2D eigenvalue weighted by Crippen LogP contribution is 2.33. The first-order chi connectivity index (χ1) is 9.56. The summed E-state index contributed by atoms with van der Waals surface area (Å²) in [5.41, 5.74) is 2.16. The predicted molar refractivity (Wildman–Crippen MR) is 82.8 cm³/mol. The van der Waals surface area contributed by atoms with E-state index in [9.17, 15) is 0 Å². The lowest BCUT2D eigenvalue weighted by molar-refractivity contribution is -0.106. The maximum atomic E-state index is 6.18. The van der Waals surface area contributed by atoms with Crippen LogP contribution in [0.3, 0.4) is 0 Å². The van der Waals surface area contributed by atoms with Gasteiger partial charge in [-0.1, -0.05) is 18.5 Å².